The molecule has 10 nitrogen and oxygen atoms in total. The molecule has 2 aromatic carbocycles. The highest BCUT2D eigenvalue weighted by Crippen LogP contribution is 2.30. The van der Waals surface area contributed by atoms with Gasteiger partial charge in [0.05, 0.1) is 22.8 Å². The van der Waals surface area contributed by atoms with Crippen molar-refractivity contribution in [2.45, 2.75) is 38.5 Å². The number of aryl methyl sites for hydroxylation is 2. The average Bonchev–Trinajstić information content (AvgIpc) is 3.20. The molecule has 196 valence electrons. The van der Waals surface area contributed by atoms with Crippen LogP contribution < -0.4 is 19.9 Å². The molecule has 0 radical (unpaired) electrons. The van der Waals surface area contributed by atoms with E-state index >= 15 is 0 Å². The SMILES string of the molecule is CCCc1nc(C)c2c(=O)[nH]c(-c3cc(S(=O)(=O)NCCN(C)c4ccccc4)ccc3OCC)nn12. The number of fused-ring (bicyclic) bond motifs is 1. The number of sulfonamides is 1. The summed E-state index contributed by atoms with van der Waals surface area (Å²) in [6.07, 6.45) is 1.49. The third-order valence-electron chi connectivity index (χ3n) is 5.97. The topological polar surface area (TPSA) is 122 Å². The zero-order chi connectivity index (χ0) is 26.6. The number of H-pyrrole nitrogens is 1. The van der Waals surface area contributed by atoms with Gasteiger partial charge in [-0.05, 0) is 50.6 Å². The maximum Gasteiger partial charge on any atom is 0.277 e. The highest BCUT2D eigenvalue weighted by molar-refractivity contribution is 7.89. The minimum atomic E-state index is -3.84. The highest BCUT2D eigenvalue weighted by atomic mass is 32.2. The van der Waals surface area contributed by atoms with Gasteiger partial charge in [-0.2, -0.15) is 0 Å². The first-order valence-electron chi connectivity index (χ1n) is 12.3. The van der Waals surface area contributed by atoms with Gasteiger partial charge in [0.1, 0.15) is 11.6 Å². The first-order chi connectivity index (χ1) is 17.7. The van der Waals surface area contributed by atoms with Crippen LogP contribution in [0.25, 0.3) is 16.9 Å². The maximum atomic E-state index is 13.1. The maximum absolute atomic E-state index is 13.1. The third kappa shape index (κ3) is 5.67. The predicted molar refractivity (Wildman–Crippen MR) is 144 cm³/mol. The van der Waals surface area contributed by atoms with Crippen LogP contribution in [0.1, 0.15) is 31.8 Å². The smallest absolute Gasteiger partial charge is 0.277 e. The molecule has 2 N–H and O–H groups in total. The Labute approximate surface area is 216 Å². The monoisotopic (exact) mass is 524 g/mol. The Morgan fingerprint density at radius 1 is 1.14 bits per heavy atom. The number of nitrogens with one attached hydrogen (secondary N) is 2. The fraction of sp³-hybridized carbons (Fsp3) is 0.346. The second-order valence-electron chi connectivity index (χ2n) is 8.67. The number of ether oxygens (including phenoxy) is 1. The van der Waals surface area contributed by atoms with Crippen LogP contribution in [-0.2, 0) is 16.4 Å². The summed E-state index contributed by atoms with van der Waals surface area (Å²) in [4.78, 5) is 22.3. The predicted octanol–water partition coefficient (Wildman–Crippen LogP) is 3.16. The van der Waals surface area contributed by atoms with E-state index in [1.54, 1.807) is 17.5 Å². The molecule has 4 rings (SSSR count). The lowest BCUT2D eigenvalue weighted by Crippen LogP contribution is -2.33. The van der Waals surface area contributed by atoms with E-state index in [1.807, 2.05) is 56.1 Å². The minimum absolute atomic E-state index is 0.0478. The van der Waals surface area contributed by atoms with Crippen molar-refractivity contribution in [3.63, 3.8) is 0 Å². The summed E-state index contributed by atoms with van der Waals surface area (Å²) in [7, 11) is -1.93. The fourth-order valence-electron chi connectivity index (χ4n) is 4.13. The van der Waals surface area contributed by atoms with E-state index in [9.17, 15) is 13.2 Å². The number of para-hydroxylation sites is 1. The summed E-state index contributed by atoms with van der Waals surface area (Å²) in [5, 5.41) is 4.63. The van der Waals surface area contributed by atoms with E-state index in [0.717, 1.165) is 12.1 Å². The molecule has 2 heterocycles. The number of aromatic nitrogens is 4. The van der Waals surface area contributed by atoms with Crippen LogP contribution in [0.3, 0.4) is 0 Å². The summed E-state index contributed by atoms with van der Waals surface area (Å²) < 4.78 is 36.2. The number of aromatic amines is 1. The van der Waals surface area contributed by atoms with Crippen molar-refractivity contribution < 1.29 is 13.2 Å². The van der Waals surface area contributed by atoms with Gasteiger partial charge in [0, 0.05) is 32.2 Å². The number of rotatable bonds is 11. The Hall–Kier alpha value is -3.70. The Morgan fingerprint density at radius 2 is 1.89 bits per heavy atom. The Bertz CT molecular complexity index is 1550. The van der Waals surface area contributed by atoms with E-state index in [4.69, 9.17) is 4.74 Å². The zero-order valence-corrected chi connectivity index (χ0v) is 22.3. The average molecular weight is 525 g/mol. The van der Waals surface area contributed by atoms with Gasteiger partial charge in [-0.15, -0.1) is 5.10 Å². The van der Waals surface area contributed by atoms with E-state index in [-0.39, 0.29) is 22.8 Å². The molecule has 0 fully saturated rings. The Morgan fingerprint density at radius 3 is 2.59 bits per heavy atom. The lowest BCUT2D eigenvalue weighted by molar-refractivity contribution is 0.341. The molecule has 11 heteroatoms. The molecule has 0 spiro atoms. The molecule has 0 aliphatic carbocycles. The van der Waals surface area contributed by atoms with Crippen LogP contribution >= 0.6 is 0 Å². The molecule has 0 saturated carbocycles. The summed E-state index contributed by atoms with van der Waals surface area (Å²) in [6, 6.07) is 14.3. The summed E-state index contributed by atoms with van der Waals surface area (Å²) in [5.74, 6) is 1.30. The largest absolute Gasteiger partial charge is 0.493 e. The summed E-state index contributed by atoms with van der Waals surface area (Å²) in [5.41, 5.74) is 1.98. The first kappa shape index (κ1) is 26.4. The summed E-state index contributed by atoms with van der Waals surface area (Å²) in [6.45, 7) is 6.68. The van der Waals surface area contributed by atoms with Crippen LogP contribution in [0.15, 0.2) is 58.2 Å². The Kier molecular flexibility index (Phi) is 7.94. The van der Waals surface area contributed by atoms with Gasteiger partial charge in [-0.3, -0.25) is 4.79 Å². The van der Waals surface area contributed by atoms with Crippen LogP contribution in [0.4, 0.5) is 5.69 Å². The normalized spacial score (nSPS) is 11.7. The van der Waals surface area contributed by atoms with Gasteiger partial charge in [0.2, 0.25) is 10.0 Å². The fourth-order valence-corrected chi connectivity index (χ4v) is 5.17. The van der Waals surface area contributed by atoms with E-state index in [0.29, 0.717) is 47.9 Å². The van der Waals surface area contributed by atoms with Gasteiger partial charge in [-0.25, -0.2) is 22.6 Å². The van der Waals surface area contributed by atoms with Crippen LogP contribution in [0.5, 0.6) is 5.75 Å². The van der Waals surface area contributed by atoms with Crippen molar-refractivity contribution in [2.24, 2.45) is 0 Å². The lowest BCUT2D eigenvalue weighted by Gasteiger charge is -2.19. The molecule has 0 aliphatic rings. The standard InChI is InChI=1S/C26H32N6O4S/c1-5-10-23-28-18(3)24-26(33)29-25(30-32(23)24)21-17-20(13-14-22(21)36-6-2)37(34,35)27-15-16-31(4)19-11-8-7-9-12-19/h7-9,11-14,17,27H,5-6,10,15-16H2,1-4H3,(H,29,30,33). The van der Waals surface area contributed by atoms with Crippen LogP contribution in [0, 0.1) is 6.92 Å². The number of nitrogens with zero attached hydrogens (tertiary/aromatic N) is 4. The highest BCUT2D eigenvalue weighted by Gasteiger charge is 2.21. The molecule has 0 bridgehead atoms. The first-order valence-corrected chi connectivity index (χ1v) is 13.7. The number of hydrogen-bond acceptors (Lipinski definition) is 7. The molecule has 0 unspecified atom stereocenters. The summed E-state index contributed by atoms with van der Waals surface area (Å²) >= 11 is 0. The number of imidazole rings is 1. The van der Waals surface area contributed by atoms with Crippen molar-refractivity contribution in [1.82, 2.24) is 24.3 Å². The van der Waals surface area contributed by atoms with Gasteiger partial charge in [0.15, 0.2) is 11.3 Å². The quantitative estimate of drug-likeness (QED) is 0.309. The van der Waals surface area contributed by atoms with Crippen molar-refractivity contribution in [3.05, 3.63) is 70.4 Å². The number of benzene rings is 2. The van der Waals surface area contributed by atoms with Gasteiger partial charge in [0.25, 0.3) is 5.56 Å². The number of hydrogen-bond donors (Lipinski definition) is 2. The van der Waals surface area contributed by atoms with Crippen molar-refractivity contribution in [1.29, 1.82) is 0 Å². The molecular weight excluding hydrogens is 492 g/mol. The van der Waals surface area contributed by atoms with Crippen molar-refractivity contribution in [2.75, 3.05) is 31.6 Å². The zero-order valence-electron chi connectivity index (χ0n) is 21.5. The molecule has 37 heavy (non-hydrogen) atoms. The molecule has 0 atom stereocenters. The van der Waals surface area contributed by atoms with Crippen LogP contribution in [-0.4, -0.2) is 54.7 Å². The van der Waals surface area contributed by atoms with Crippen molar-refractivity contribution in [3.8, 4) is 17.1 Å². The molecule has 0 aliphatic heterocycles. The molecule has 0 saturated heterocycles. The minimum Gasteiger partial charge on any atom is -0.493 e. The molecule has 4 aromatic rings. The van der Waals surface area contributed by atoms with Gasteiger partial charge < -0.3 is 14.6 Å². The molecule has 2 aromatic heterocycles. The Balaban J connectivity index is 1.66. The second-order valence-corrected chi connectivity index (χ2v) is 10.4. The van der Waals surface area contributed by atoms with Crippen molar-refractivity contribution >= 4 is 21.2 Å². The number of likely N-dealkylation sites (N-methyl/N-ethyl adjacent to an activating group) is 1. The molecular formula is C26H32N6O4S. The van der Waals surface area contributed by atoms with Gasteiger partial charge >= 0.3 is 0 Å². The van der Waals surface area contributed by atoms with Crippen LogP contribution in [0.2, 0.25) is 0 Å². The second kappa shape index (κ2) is 11.1. The van der Waals surface area contributed by atoms with E-state index in [2.05, 4.69) is 19.8 Å². The van der Waals surface area contributed by atoms with E-state index in [1.165, 1.54) is 12.1 Å². The molecule has 0 amide bonds. The lowest BCUT2D eigenvalue weighted by atomic mass is 10.2. The third-order valence-corrected chi connectivity index (χ3v) is 7.43. The van der Waals surface area contributed by atoms with E-state index < -0.39 is 10.0 Å². The van der Waals surface area contributed by atoms with Gasteiger partial charge in [-0.1, -0.05) is 25.1 Å². The number of anilines is 1.